The first kappa shape index (κ1) is 43.1. The zero-order valence-electron chi connectivity index (χ0n) is 42.5. The number of rotatable bonds is 5. The van der Waals surface area contributed by atoms with Crippen molar-refractivity contribution in [2.45, 2.75) is 110 Å². The fourth-order valence-corrected chi connectivity index (χ4v) is 13.7. The van der Waals surface area contributed by atoms with Gasteiger partial charge in [-0.15, -0.1) is 0 Å². The Bertz CT molecular complexity index is 3600. The molecule has 0 N–H and O–H groups in total. The third-order valence-electron chi connectivity index (χ3n) is 17.0. The number of para-hydroxylation sites is 3. The molecule has 3 heterocycles. The molecule has 0 saturated carbocycles. The molecule has 0 saturated heterocycles. The number of benzene rings is 8. The molecule has 0 amide bonds. The molecule has 4 aliphatic rings. The minimum Gasteiger partial charge on any atom is -0.456 e. The van der Waals surface area contributed by atoms with Crippen LogP contribution in [-0.2, 0) is 21.7 Å². The Morgan fingerprint density at radius 1 is 0.443 bits per heavy atom. The highest BCUT2D eigenvalue weighted by Gasteiger charge is 2.49. The normalized spacial score (nSPS) is 17.5. The molecule has 0 bridgehead atoms. The van der Waals surface area contributed by atoms with E-state index in [-0.39, 0.29) is 28.4 Å². The summed E-state index contributed by atoms with van der Waals surface area (Å²) >= 11 is 0. The molecular weight excluding hydrogens is 850 g/mol. The summed E-state index contributed by atoms with van der Waals surface area (Å²) in [5.74, 6) is 0. The van der Waals surface area contributed by atoms with Crippen LogP contribution in [0.2, 0.25) is 0 Å². The maximum atomic E-state index is 6.48. The Morgan fingerprint density at radius 2 is 1.00 bits per heavy atom. The molecule has 0 unspecified atom stereocenters. The van der Waals surface area contributed by atoms with Gasteiger partial charge in [-0.3, -0.25) is 0 Å². The molecule has 70 heavy (non-hydrogen) atoms. The molecule has 346 valence electrons. The molecule has 2 aliphatic carbocycles. The minimum atomic E-state index is -0.0179. The second-order valence-corrected chi connectivity index (χ2v) is 23.7. The first-order valence-corrected chi connectivity index (χ1v) is 25.5. The molecule has 0 radical (unpaired) electrons. The van der Waals surface area contributed by atoms with Crippen molar-refractivity contribution < 1.29 is 4.42 Å². The first-order valence-electron chi connectivity index (χ1n) is 25.5. The zero-order chi connectivity index (χ0) is 48.2. The predicted octanol–water partition coefficient (Wildman–Crippen LogP) is 16.1. The summed E-state index contributed by atoms with van der Waals surface area (Å²) in [6.45, 7) is 24.3. The van der Waals surface area contributed by atoms with Crippen LogP contribution >= 0.6 is 0 Å². The van der Waals surface area contributed by atoms with Gasteiger partial charge >= 0.3 is 0 Å². The summed E-state index contributed by atoms with van der Waals surface area (Å²) in [6.07, 6.45) is 3.46. The molecule has 0 fully saturated rings. The molecule has 8 aromatic carbocycles. The van der Waals surface area contributed by atoms with E-state index < -0.39 is 0 Å². The van der Waals surface area contributed by atoms with Gasteiger partial charge in [-0.1, -0.05) is 128 Å². The number of furan rings is 1. The summed E-state index contributed by atoms with van der Waals surface area (Å²) < 4.78 is 6.48. The Morgan fingerprint density at radius 3 is 1.69 bits per heavy atom. The third kappa shape index (κ3) is 6.29. The van der Waals surface area contributed by atoms with Crippen LogP contribution in [0, 0.1) is 13.8 Å². The van der Waals surface area contributed by atoms with Gasteiger partial charge in [0.1, 0.15) is 11.2 Å². The highest BCUT2D eigenvalue weighted by Crippen LogP contribution is 2.55. The van der Waals surface area contributed by atoms with Gasteiger partial charge in [-0.25, -0.2) is 0 Å². The number of fused-ring (bicyclic) bond motifs is 9. The van der Waals surface area contributed by atoms with E-state index in [1.165, 1.54) is 91.0 Å². The predicted molar refractivity (Wildman–Crippen MR) is 298 cm³/mol. The number of nitrogens with zero attached hydrogens (tertiary/aromatic N) is 3. The van der Waals surface area contributed by atoms with Crippen LogP contribution in [0.3, 0.4) is 0 Å². The highest BCUT2D eigenvalue weighted by molar-refractivity contribution is 7.00. The molecule has 9 aromatic rings. The van der Waals surface area contributed by atoms with Crippen LogP contribution in [0.25, 0.3) is 21.9 Å². The second-order valence-electron chi connectivity index (χ2n) is 23.7. The van der Waals surface area contributed by atoms with Crippen molar-refractivity contribution in [3.05, 3.63) is 191 Å². The van der Waals surface area contributed by atoms with Crippen LogP contribution in [0.1, 0.15) is 108 Å². The smallest absolute Gasteiger partial charge is 0.252 e. The lowest BCUT2D eigenvalue weighted by atomic mass is 9.33. The molecule has 13 rings (SSSR count). The van der Waals surface area contributed by atoms with Crippen molar-refractivity contribution in [1.82, 2.24) is 0 Å². The average Bonchev–Trinajstić information content (AvgIpc) is 3.79. The minimum absolute atomic E-state index is 0.0179. The Balaban J connectivity index is 1.13. The maximum Gasteiger partial charge on any atom is 0.252 e. The zero-order valence-corrected chi connectivity index (χ0v) is 42.5. The summed E-state index contributed by atoms with van der Waals surface area (Å²) in [4.78, 5) is 7.67. The number of hydrogen-bond acceptors (Lipinski definition) is 4. The van der Waals surface area contributed by atoms with Crippen LogP contribution in [0.15, 0.2) is 162 Å². The summed E-state index contributed by atoms with van der Waals surface area (Å²) in [6, 6.07) is 59.5. The molecule has 1 aromatic heterocycles. The van der Waals surface area contributed by atoms with E-state index in [1.54, 1.807) is 0 Å². The fraction of sp³-hybridized carbons (Fsp3) is 0.262. The van der Waals surface area contributed by atoms with E-state index in [0.29, 0.717) is 0 Å². The van der Waals surface area contributed by atoms with Crippen LogP contribution in [-0.4, -0.2) is 6.71 Å². The Kier molecular flexibility index (Phi) is 9.09. The standard InChI is InChI=1S/C65H62BN3O/c1-40-31-57-61-58(32-40)69(54-37-50-48(33-41(54)2)62(3,4)29-30-63(50,5)6)56-38-51-49(64(7,8)39-65(51,9)10)36-53(56)66(61)52-27-25-45(67(42-19-13-11-14-20-42)43-21-15-12-16-22-43)35-55(52)68(57)44-26-28-60-47(34-44)46-23-17-18-24-59(46)70-60/h11-28,31-38H,29-30,39H2,1-10H3. The Labute approximate surface area is 414 Å². The lowest BCUT2D eigenvalue weighted by Crippen LogP contribution is -2.61. The average molecular weight is 912 g/mol. The summed E-state index contributed by atoms with van der Waals surface area (Å²) in [7, 11) is 0. The van der Waals surface area contributed by atoms with E-state index in [2.05, 4.69) is 242 Å². The third-order valence-corrected chi connectivity index (χ3v) is 17.0. The van der Waals surface area contributed by atoms with Gasteiger partial charge in [-0.2, -0.15) is 0 Å². The second kappa shape index (κ2) is 14.8. The molecule has 0 spiro atoms. The number of hydrogen-bond donors (Lipinski definition) is 0. The molecular formula is C65H62BN3O. The molecule has 2 aliphatic heterocycles. The SMILES string of the molecule is Cc1cc2c3c(c1)N(c1cc4c(cc1C)C(C)(C)CCC4(C)C)c1cc4c(cc1B3c1ccc(N(c3ccccc3)c3ccccc3)cc1N2c1ccc2oc3ccccc3c2c1)C(C)(C)CC4(C)C. The van der Waals surface area contributed by atoms with Crippen LogP contribution < -0.4 is 31.1 Å². The monoisotopic (exact) mass is 911 g/mol. The van der Waals surface area contributed by atoms with Gasteiger partial charge < -0.3 is 19.1 Å². The molecule has 0 atom stereocenters. The van der Waals surface area contributed by atoms with Crippen molar-refractivity contribution >= 4 is 96.2 Å². The van der Waals surface area contributed by atoms with Crippen LogP contribution in [0.4, 0.5) is 51.2 Å². The largest absolute Gasteiger partial charge is 0.456 e. The van der Waals surface area contributed by atoms with Gasteiger partial charge in [-0.05, 0) is 189 Å². The van der Waals surface area contributed by atoms with Gasteiger partial charge in [0.2, 0.25) is 0 Å². The van der Waals surface area contributed by atoms with E-state index >= 15 is 0 Å². The van der Waals surface area contributed by atoms with E-state index in [0.717, 1.165) is 51.1 Å². The molecule has 5 heteroatoms. The van der Waals surface area contributed by atoms with Crippen molar-refractivity contribution in [2.24, 2.45) is 0 Å². The van der Waals surface area contributed by atoms with Crippen molar-refractivity contribution in [2.75, 3.05) is 14.7 Å². The van der Waals surface area contributed by atoms with Crippen LogP contribution in [0.5, 0.6) is 0 Å². The lowest BCUT2D eigenvalue weighted by molar-refractivity contribution is 0.332. The number of aryl methyl sites for hydroxylation is 2. The fourth-order valence-electron chi connectivity index (χ4n) is 13.7. The van der Waals surface area contributed by atoms with Gasteiger partial charge in [0.15, 0.2) is 0 Å². The molecule has 4 nitrogen and oxygen atoms in total. The maximum absolute atomic E-state index is 6.48. The van der Waals surface area contributed by atoms with E-state index in [1.807, 2.05) is 0 Å². The van der Waals surface area contributed by atoms with Gasteiger partial charge in [0.05, 0.1) is 0 Å². The number of anilines is 9. The van der Waals surface area contributed by atoms with Crippen molar-refractivity contribution in [3.63, 3.8) is 0 Å². The van der Waals surface area contributed by atoms with Crippen molar-refractivity contribution in [1.29, 1.82) is 0 Å². The van der Waals surface area contributed by atoms with E-state index in [9.17, 15) is 0 Å². The summed E-state index contributed by atoms with van der Waals surface area (Å²) in [5.41, 5.74) is 25.3. The van der Waals surface area contributed by atoms with Crippen molar-refractivity contribution in [3.8, 4) is 0 Å². The van der Waals surface area contributed by atoms with Gasteiger partial charge in [0, 0.05) is 62.0 Å². The topological polar surface area (TPSA) is 22.9 Å². The quantitative estimate of drug-likeness (QED) is 0.161. The highest BCUT2D eigenvalue weighted by atomic mass is 16.3. The summed E-state index contributed by atoms with van der Waals surface area (Å²) in [5, 5.41) is 2.24. The lowest BCUT2D eigenvalue weighted by Gasteiger charge is -2.46. The first-order chi connectivity index (χ1) is 33.5. The van der Waals surface area contributed by atoms with Gasteiger partial charge in [0.25, 0.3) is 6.71 Å². The Hall–Kier alpha value is -6.98. The van der Waals surface area contributed by atoms with E-state index in [4.69, 9.17) is 4.42 Å².